The van der Waals surface area contributed by atoms with E-state index in [-0.39, 0.29) is 11.4 Å². The maximum atomic E-state index is 12.2. The first kappa shape index (κ1) is 15.7. The van der Waals surface area contributed by atoms with Gasteiger partial charge in [-0.05, 0) is 35.2 Å². The Hall–Kier alpha value is -1.69. The molecule has 3 N–H and O–H groups in total. The number of hydrogen-bond acceptors (Lipinski definition) is 3. The largest absolute Gasteiger partial charge is 0.326 e. The van der Waals surface area contributed by atoms with Crippen molar-refractivity contribution in [3.05, 3.63) is 65.2 Å². The molecule has 21 heavy (non-hydrogen) atoms. The van der Waals surface area contributed by atoms with Gasteiger partial charge in [-0.2, -0.15) is 0 Å². The lowest BCUT2D eigenvalue weighted by Crippen LogP contribution is -2.23. The third-order valence-corrected chi connectivity index (χ3v) is 4.74. The van der Waals surface area contributed by atoms with Crippen molar-refractivity contribution < 1.29 is 8.42 Å². The van der Waals surface area contributed by atoms with E-state index in [1.807, 2.05) is 30.3 Å². The molecule has 0 fully saturated rings. The van der Waals surface area contributed by atoms with E-state index in [2.05, 4.69) is 11.6 Å². The second-order valence-electron chi connectivity index (χ2n) is 4.85. The topological polar surface area (TPSA) is 72.2 Å². The summed E-state index contributed by atoms with van der Waals surface area (Å²) in [4.78, 5) is 0.246. The van der Waals surface area contributed by atoms with Gasteiger partial charge in [0, 0.05) is 13.1 Å². The Morgan fingerprint density at radius 2 is 1.67 bits per heavy atom. The van der Waals surface area contributed by atoms with E-state index in [1.165, 1.54) is 5.56 Å². The first-order valence-electron chi connectivity index (χ1n) is 6.91. The highest BCUT2D eigenvalue weighted by Crippen LogP contribution is 2.12. The molecule has 0 spiro atoms. The monoisotopic (exact) mass is 304 g/mol. The predicted molar refractivity (Wildman–Crippen MR) is 84.2 cm³/mol. The fraction of sp³-hybridized carbons (Fsp3) is 0.250. The van der Waals surface area contributed by atoms with Crippen molar-refractivity contribution in [3.8, 4) is 0 Å². The molecule has 0 bridgehead atoms. The van der Waals surface area contributed by atoms with Gasteiger partial charge in [-0.3, -0.25) is 0 Å². The van der Waals surface area contributed by atoms with E-state index in [0.29, 0.717) is 6.54 Å². The third kappa shape index (κ3) is 4.14. The molecule has 2 aromatic rings. The summed E-state index contributed by atoms with van der Waals surface area (Å²) in [6.07, 6.45) is 0.970. The summed E-state index contributed by atoms with van der Waals surface area (Å²) in [6.45, 7) is 2.68. The summed E-state index contributed by atoms with van der Waals surface area (Å²) in [5, 5.41) is 0. The molecule has 0 heterocycles. The van der Waals surface area contributed by atoms with Crippen LogP contribution < -0.4 is 10.5 Å². The molecule has 0 aliphatic carbocycles. The van der Waals surface area contributed by atoms with Crippen molar-refractivity contribution in [2.75, 3.05) is 0 Å². The summed E-state index contributed by atoms with van der Waals surface area (Å²) in [6, 6.07) is 14.6. The van der Waals surface area contributed by atoms with E-state index in [9.17, 15) is 8.42 Å². The number of hydrogen-bond donors (Lipinski definition) is 2. The number of nitrogens with one attached hydrogen (secondary N) is 1. The van der Waals surface area contributed by atoms with E-state index in [0.717, 1.165) is 17.5 Å². The van der Waals surface area contributed by atoms with Crippen LogP contribution in [0.3, 0.4) is 0 Å². The van der Waals surface area contributed by atoms with Crippen molar-refractivity contribution in [1.29, 1.82) is 0 Å². The lowest BCUT2D eigenvalue weighted by atomic mass is 10.1. The normalized spacial score (nSPS) is 11.5. The van der Waals surface area contributed by atoms with Gasteiger partial charge in [0.1, 0.15) is 0 Å². The Morgan fingerprint density at radius 3 is 2.29 bits per heavy atom. The summed E-state index contributed by atoms with van der Waals surface area (Å²) < 4.78 is 27.1. The molecule has 112 valence electrons. The molecule has 0 aliphatic heterocycles. The highest BCUT2D eigenvalue weighted by molar-refractivity contribution is 7.89. The van der Waals surface area contributed by atoms with E-state index in [1.54, 1.807) is 18.2 Å². The second kappa shape index (κ2) is 6.85. The van der Waals surface area contributed by atoms with Crippen LogP contribution in [0.5, 0.6) is 0 Å². The predicted octanol–water partition coefficient (Wildman–Crippen LogP) is 2.19. The van der Waals surface area contributed by atoms with Crippen LogP contribution in [0.2, 0.25) is 0 Å². The molecule has 0 atom stereocenters. The number of aryl methyl sites for hydroxylation is 1. The average Bonchev–Trinajstić information content (AvgIpc) is 2.53. The molecule has 0 aliphatic rings. The van der Waals surface area contributed by atoms with Crippen LogP contribution in [0, 0.1) is 0 Å². The Bertz CT molecular complexity index is 694. The first-order chi connectivity index (χ1) is 10.0. The van der Waals surface area contributed by atoms with Gasteiger partial charge in [0.25, 0.3) is 0 Å². The van der Waals surface area contributed by atoms with Gasteiger partial charge < -0.3 is 5.73 Å². The van der Waals surface area contributed by atoms with Crippen LogP contribution in [0.1, 0.15) is 23.6 Å². The summed E-state index contributed by atoms with van der Waals surface area (Å²) in [7, 11) is -3.51. The minimum Gasteiger partial charge on any atom is -0.326 e. The lowest BCUT2D eigenvalue weighted by Gasteiger charge is -2.08. The number of benzene rings is 2. The minimum atomic E-state index is -3.51. The highest BCUT2D eigenvalue weighted by Gasteiger charge is 2.13. The van der Waals surface area contributed by atoms with Gasteiger partial charge in [0.05, 0.1) is 4.90 Å². The van der Waals surface area contributed by atoms with Gasteiger partial charge >= 0.3 is 0 Å². The summed E-state index contributed by atoms with van der Waals surface area (Å²) in [5.74, 6) is 0. The Morgan fingerprint density at radius 1 is 1.00 bits per heavy atom. The number of rotatable bonds is 6. The van der Waals surface area contributed by atoms with E-state index < -0.39 is 10.0 Å². The summed E-state index contributed by atoms with van der Waals surface area (Å²) in [5.41, 5.74) is 8.50. The minimum absolute atomic E-state index is 0.246. The molecule has 2 aromatic carbocycles. The highest BCUT2D eigenvalue weighted by atomic mass is 32.2. The molecule has 0 saturated carbocycles. The lowest BCUT2D eigenvalue weighted by molar-refractivity contribution is 0.581. The molecule has 0 aromatic heterocycles. The fourth-order valence-corrected chi connectivity index (χ4v) is 3.08. The zero-order chi connectivity index (χ0) is 15.3. The fourth-order valence-electron chi connectivity index (χ4n) is 1.99. The van der Waals surface area contributed by atoms with Crippen LogP contribution in [0.4, 0.5) is 0 Å². The zero-order valence-corrected chi connectivity index (χ0v) is 12.9. The second-order valence-corrected chi connectivity index (χ2v) is 6.61. The smallest absolute Gasteiger partial charge is 0.240 e. The molecular weight excluding hydrogens is 284 g/mol. The molecule has 0 amide bonds. The van der Waals surface area contributed by atoms with Crippen LogP contribution in [0.25, 0.3) is 0 Å². The summed E-state index contributed by atoms with van der Waals surface area (Å²) >= 11 is 0. The molecule has 0 unspecified atom stereocenters. The molecule has 0 saturated heterocycles. The van der Waals surface area contributed by atoms with Crippen LogP contribution >= 0.6 is 0 Å². The SMILES string of the molecule is CCc1ccc(CNS(=O)(=O)c2cccc(CN)c2)cc1. The van der Waals surface area contributed by atoms with Crippen molar-refractivity contribution in [2.45, 2.75) is 31.3 Å². The number of nitrogens with two attached hydrogens (primary N) is 1. The van der Waals surface area contributed by atoms with Crippen LogP contribution in [-0.2, 0) is 29.5 Å². The van der Waals surface area contributed by atoms with E-state index in [4.69, 9.17) is 5.73 Å². The molecule has 0 radical (unpaired) electrons. The van der Waals surface area contributed by atoms with Gasteiger partial charge in [-0.15, -0.1) is 0 Å². The molecular formula is C16H20N2O2S. The van der Waals surface area contributed by atoms with Gasteiger partial charge in [-0.1, -0.05) is 43.3 Å². The average molecular weight is 304 g/mol. The molecule has 5 heteroatoms. The van der Waals surface area contributed by atoms with Crippen LogP contribution in [0.15, 0.2) is 53.4 Å². The van der Waals surface area contributed by atoms with Gasteiger partial charge in [0.15, 0.2) is 0 Å². The Balaban J connectivity index is 2.09. The van der Waals surface area contributed by atoms with Crippen molar-refractivity contribution in [3.63, 3.8) is 0 Å². The first-order valence-corrected chi connectivity index (χ1v) is 8.40. The van der Waals surface area contributed by atoms with Crippen molar-refractivity contribution in [2.24, 2.45) is 5.73 Å². The maximum Gasteiger partial charge on any atom is 0.240 e. The molecule has 2 rings (SSSR count). The zero-order valence-electron chi connectivity index (χ0n) is 12.0. The van der Waals surface area contributed by atoms with Crippen LogP contribution in [-0.4, -0.2) is 8.42 Å². The Kier molecular flexibility index (Phi) is 5.12. The Labute approximate surface area is 126 Å². The van der Waals surface area contributed by atoms with Crippen molar-refractivity contribution >= 4 is 10.0 Å². The van der Waals surface area contributed by atoms with E-state index >= 15 is 0 Å². The standard InChI is InChI=1S/C16H20N2O2S/c1-2-13-6-8-14(9-7-13)12-18-21(19,20)16-5-3-4-15(10-16)11-17/h3-10,18H,2,11-12,17H2,1H3. The van der Waals surface area contributed by atoms with Gasteiger partial charge in [0.2, 0.25) is 10.0 Å². The quantitative estimate of drug-likeness (QED) is 0.859. The third-order valence-electron chi connectivity index (χ3n) is 3.34. The molecule has 4 nitrogen and oxygen atoms in total. The maximum absolute atomic E-state index is 12.2. The number of sulfonamides is 1. The van der Waals surface area contributed by atoms with Gasteiger partial charge in [-0.25, -0.2) is 13.1 Å². The van der Waals surface area contributed by atoms with Crippen molar-refractivity contribution in [1.82, 2.24) is 4.72 Å².